The molecule has 134 valence electrons. The second kappa shape index (κ2) is 6.73. The third-order valence-corrected chi connectivity index (χ3v) is 6.71. The molecule has 0 bridgehead atoms. The molecule has 0 unspecified atom stereocenters. The summed E-state index contributed by atoms with van der Waals surface area (Å²) in [6.07, 6.45) is 7.36. The van der Waals surface area contributed by atoms with E-state index >= 15 is 0 Å². The third-order valence-electron chi connectivity index (χ3n) is 6.71. The van der Waals surface area contributed by atoms with Gasteiger partial charge in [-0.15, -0.1) is 0 Å². The van der Waals surface area contributed by atoms with E-state index in [1.807, 2.05) is 13.8 Å². The Balaban J connectivity index is 2.25. The Morgan fingerprint density at radius 1 is 1.29 bits per heavy atom. The van der Waals surface area contributed by atoms with Gasteiger partial charge in [0.05, 0.1) is 5.41 Å². The Kier molecular flexibility index (Phi) is 5.26. The van der Waals surface area contributed by atoms with Crippen LogP contribution in [0.25, 0.3) is 0 Å². The van der Waals surface area contributed by atoms with E-state index in [0.717, 1.165) is 50.5 Å². The van der Waals surface area contributed by atoms with Gasteiger partial charge < -0.3 is 10.2 Å². The first-order chi connectivity index (χ1) is 11.1. The van der Waals surface area contributed by atoms with Gasteiger partial charge in [-0.05, 0) is 69.6 Å². The molecule has 4 heteroatoms. The molecule has 0 aliphatic heterocycles. The first-order valence-corrected chi connectivity index (χ1v) is 8.92. The maximum absolute atomic E-state index is 12.0. The summed E-state index contributed by atoms with van der Waals surface area (Å²) in [5, 5.41) is 18.7. The number of allylic oxidation sites excluding steroid dienone is 2. The fourth-order valence-electron chi connectivity index (χ4n) is 5.39. The van der Waals surface area contributed by atoms with Gasteiger partial charge in [-0.2, -0.15) is 0 Å². The number of hydrogen-bond donors (Lipinski definition) is 2. The molecular formula is C20H30O4. The van der Waals surface area contributed by atoms with Crippen molar-refractivity contribution in [3.05, 3.63) is 23.8 Å². The number of aliphatic carboxylic acids is 2. The predicted octanol–water partition coefficient (Wildman–Crippen LogP) is 4.66. The van der Waals surface area contributed by atoms with Crippen LogP contribution in [0.5, 0.6) is 0 Å². The molecule has 2 fully saturated rings. The lowest BCUT2D eigenvalue weighted by Crippen LogP contribution is -2.53. The molecule has 0 spiro atoms. The summed E-state index contributed by atoms with van der Waals surface area (Å²) >= 11 is 0. The molecule has 0 radical (unpaired) electrons. The first kappa shape index (κ1) is 18.8. The zero-order chi connectivity index (χ0) is 18.1. The Hall–Kier alpha value is -1.58. The van der Waals surface area contributed by atoms with E-state index in [4.69, 9.17) is 5.11 Å². The summed E-state index contributed by atoms with van der Waals surface area (Å²) in [4.78, 5) is 22.8. The van der Waals surface area contributed by atoms with Gasteiger partial charge in [0.2, 0.25) is 0 Å². The second-order valence-electron chi connectivity index (χ2n) is 8.25. The normalized spacial score (nSPS) is 37.0. The molecule has 0 heterocycles. The number of hydrogen-bond acceptors (Lipinski definition) is 2. The van der Waals surface area contributed by atoms with Crippen LogP contribution in [0.3, 0.4) is 0 Å². The molecule has 2 aliphatic rings. The Morgan fingerprint density at radius 3 is 2.54 bits per heavy atom. The minimum atomic E-state index is -0.907. The third kappa shape index (κ3) is 3.28. The van der Waals surface area contributed by atoms with E-state index in [0.29, 0.717) is 0 Å². The summed E-state index contributed by atoms with van der Waals surface area (Å²) in [5.41, 5.74) is 1.37. The Morgan fingerprint density at radius 2 is 1.96 bits per heavy atom. The van der Waals surface area contributed by atoms with Crippen molar-refractivity contribution in [1.29, 1.82) is 0 Å². The van der Waals surface area contributed by atoms with Crippen molar-refractivity contribution in [2.24, 2.45) is 22.7 Å². The zero-order valence-corrected chi connectivity index (χ0v) is 15.1. The summed E-state index contributed by atoms with van der Waals surface area (Å²) in [5.74, 6) is -1.15. The van der Waals surface area contributed by atoms with E-state index in [-0.39, 0.29) is 17.3 Å². The van der Waals surface area contributed by atoms with Crippen molar-refractivity contribution in [3.63, 3.8) is 0 Å². The smallest absolute Gasteiger partial charge is 0.328 e. The number of carboxylic acids is 2. The summed E-state index contributed by atoms with van der Waals surface area (Å²) in [6.45, 7) is 10.3. The topological polar surface area (TPSA) is 74.6 Å². The number of rotatable bonds is 5. The van der Waals surface area contributed by atoms with Crippen LogP contribution >= 0.6 is 0 Å². The molecule has 2 rings (SSSR count). The van der Waals surface area contributed by atoms with E-state index in [1.54, 1.807) is 0 Å². The van der Waals surface area contributed by atoms with Crippen molar-refractivity contribution in [2.75, 3.05) is 0 Å². The minimum Gasteiger partial charge on any atom is -0.481 e. The molecule has 0 saturated heterocycles. The van der Waals surface area contributed by atoms with Crippen LogP contribution in [0.1, 0.15) is 65.7 Å². The summed E-state index contributed by atoms with van der Waals surface area (Å²) in [6, 6.07) is 0. The van der Waals surface area contributed by atoms with Crippen molar-refractivity contribution in [2.45, 2.75) is 65.7 Å². The van der Waals surface area contributed by atoms with Gasteiger partial charge in [0.1, 0.15) is 0 Å². The largest absolute Gasteiger partial charge is 0.481 e. The molecule has 2 aliphatic carbocycles. The van der Waals surface area contributed by atoms with Crippen LogP contribution < -0.4 is 0 Å². The maximum Gasteiger partial charge on any atom is 0.328 e. The van der Waals surface area contributed by atoms with Crippen LogP contribution in [0.4, 0.5) is 0 Å². The zero-order valence-electron chi connectivity index (χ0n) is 15.1. The van der Waals surface area contributed by atoms with Crippen LogP contribution in [-0.4, -0.2) is 22.2 Å². The van der Waals surface area contributed by atoms with Crippen molar-refractivity contribution < 1.29 is 19.8 Å². The van der Waals surface area contributed by atoms with Crippen molar-refractivity contribution >= 4 is 11.9 Å². The molecule has 0 aromatic rings. The fraction of sp³-hybridized carbons (Fsp3) is 0.700. The number of carboxylic acid groups (broad SMARTS) is 2. The van der Waals surface area contributed by atoms with Crippen LogP contribution in [0, 0.1) is 22.7 Å². The molecule has 0 aromatic heterocycles. The average molecular weight is 334 g/mol. The van der Waals surface area contributed by atoms with E-state index in [1.165, 1.54) is 11.6 Å². The van der Waals surface area contributed by atoms with E-state index in [2.05, 4.69) is 13.5 Å². The number of fused-ring (bicyclic) bond motifs is 1. The number of carbonyl (C=O) groups is 2. The molecule has 0 aromatic carbocycles. The molecule has 4 atom stereocenters. The fourth-order valence-corrected chi connectivity index (χ4v) is 5.39. The van der Waals surface area contributed by atoms with Gasteiger partial charge in [0.25, 0.3) is 0 Å². The van der Waals surface area contributed by atoms with Crippen molar-refractivity contribution in [3.8, 4) is 0 Å². The second-order valence-corrected chi connectivity index (χ2v) is 8.25. The Labute approximate surface area is 144 Å². The molecule has 2 N–H and O–H groups in total. The molecule has 4 nitrogen and oxygen atoms in total. The highest BCUT2D eigenvalue weighted by atomic mass is 16.4. The van der Waals surface area contributed by atoms with Gasteiger partial charge in [0.15, 0.2) is 0 Å². The highest BCUT2D eigenvalue weighted by molar-refractivity contribution is 5.80. The maximum atomic E-state index is 12.0. The van der Waals surface area contributed by atoms with E-state index < -0.39 is 17.4 Å². The van der Waals surface area contributed by atoms with Crippen molar-refractivity contribution in [1.82, 2.24) is 0 Å². The Bertz CT molecular complexity index is 576. The van der Waals surface area contributed by atoms with E-state index in [9.17, 15) is 14.7 Å². The average Bonchev–Trinajstić information content (AvgIpc) is 2.45. The molecular weight excluding hydrogens is 304 g/mol. The van der Waals surface area contributed by atoms with Crippen LogP contribution in [0.15, 0.2) is 23.8 Å². The monoisotopic (exact) mass is 334 g/mol. The van der Waals surface area contributed by atoms with Gasteiger partial charge in [-0.1, -0.05) is 31.1 Å². The lowest BCUT2D eigenvalue weighted by atomic mass is 9.46. The quantitative estimate of drug-likeness (QED) is 0.566. The summed E-state index contributed by atoms with van der Waals surface area (Å²) in [7, 11) is 0. The van der Waals surface area contributed by atoms with Crippen LogP contribution in [-0.2, 0) is 9.59 Å². The molecule has 24 heavy (non-hydrogen) atoms. The highest BCUT2D eigenvalue weighted by Gasteiger charge is 2.57. The SMILES string of the molecule is C=C1CC[C@@H]2[C@](C)(CCC[C@]2(C)C(=O)O)[C@H]1CCC(C)=CC(=O)O. The van der Waals surface area contributed by atoms with Gasteiger partial charge in [0, 0.05) is 6.08 Å². The minimum absolute atomic E-state index is 0.0514. The lowest BCUT2D eigenvalue weighted by molar-refractivity contribution is -0.164. The lowest BCUT2D eigenvalue weighted by Gasteiger charge is -2.57. The predicted molar refractivity (Wildman–Crippen MR) is 93.7 cm³/mol. The highest BCUT2D eigenvalue weighted by Crippen LogP contribution is 2.62. The standard InChI is InChI=1S/C20H30O4/c1-13(12-17(21)22)6-8-15-14(2)7-9-16-19(15,3)10-5-11-20(16,4)18(23)24/h12,15-16H,2,5-11H2,1,3-4H3,(H,21,22)(H,23,24)/t15-,16+,19+,20-/m0/s1. The van der Waals surface area contributed by atoms with Crippen LogP contribution in [0.2, 0.25) is 0 Å². The summed E-state index contributed by atoms with van der Waals surface area (Å²) < 4.78 is 0. The van der Waals surface area contributed by atoms with Gasteiger partial charge in [-0.3, -0.25) is 4.79 Å². The van der Waals surface area contributed by atoms with Gasteiger partial charge >= 0.3 is 11.9 Å². The molecule has 0 amide bonds. The molecule has 2 saturated carbocycles. The first-order valence-electron chi connectivity index (χ1n) is 8.92. The van der Waals surface area contributed by atoms with Gasteiger partial charge in [-0.25, -0.2) is 4.79 Å².